The summed E-state index contributed by atoms with van der Waals surface area (Å²) in [6, 6.07) is 0. The molecule has 0 spiro atoms. The number of carbonyl (C=O) groups is 2. The molecule has 0 fully saturated rings. The number of unbranched alkanes of at least 4 members (excludes halogenated alkanes) is 1. The lowest BCUT2D eigenvalue weighted by Crippen LogP contribution is -2.14. The molecule has 0 aromatic rings. The number of aldehydes is 1. The van der Waals surface area contributed by atoms with Gasteiger partial charge in [-0.3, -0.25) is 4.79 Å². The molecule has 0 rings (SSSR count). The van der Waals surface area contributed by atoms with Gasteiger partial charge in [-0.1, -0.05) is 0 Å². The summed E-state index contributed by atoms with van der Waals surface area (Å²) >= 11 is 0. The van der Waals surface area contributed by atoms with Gasteiger partial charge in [-0.15, -0.1) is 0 Å². The molecule has 0 heterocycles. The lowest BCUT2D eigenvalue weighted by atomic mass is 10.2. The van der Waals surface area contributed by atoms with Crippen molar-refractivity contribution in [2.24, 2.45) is 0 Å². The molecule has 0 aliphatic rings. The van der Waals surface area contributed by atoms with E-state index in [1.54, 1.807) is 6.92 Å². The van der Waals surface area contributed by atoms with E-state index in [2.05, 4.69) is 0 Å². The average molecular weight is 202 g/mol. The molecule has 1 atom stereocenters. The molecule has 0 bridgehead atoms. The van der Waals surface area contributed by atoms with Crippen LogP contribution >= 0.6 is 0 Å². The van der Waals surface area contributed by atoms with Gasteiger partial charge in [0.05, 0.1) is 6.10 Å². The third-order valence-corrected chi connectivity index (χ3v) is 1.81. The molecule has 82 valence electrons. The van der Waals surface area contributed by atoms with Gasteiger partial charge in [-0.2, -0.15) is 0 Å². The van der Waals surface area contributed by atoms with Gasteiger partial charge in [-0.05, 0) is 26.2 Å². The Hall–Kier alpha value is -0.900. The maximum Gasteiger partial charge on any atom is 0.306 e. The molecular weight excluding hydrogens is 184 g/mol. The van der Waals surface area contributed by atoms with Crippen molar-refractivity contribution >= 4 is 12.3 Å². The Morgan fingerprint density at radius 1 is 1.50 bits per heavy atom. The van der Waals surface area contributed by atoms with Crippen molar-refractivity contribution in [2.45, 2.75) is 45.1 Å². The molecule has 0 aliphatic heterocycles. The van der Waals surface area contributed by atoms with Gasteiger partial charge in [0.1, 0.15) is 6.29 Å². The van der Waals surface area contributed by atoms with Crippen molar-refractivity contribution < 1.29 is 19.4 Å². The van der Waals surface area contributed by atoms with Gasteiger partial charge in [0, 0.05) is 19.4 Å². The van der Waals surface area contributed by atoms with E-state index < -0.39 is 0 Å². The van der Waals surface area contributed by atoms with E-state index in [0.29, 0.717) is 32.1 Å². The molecule has 0 aliphatic carbocycles. The minimum Gasteiger partial charge on any atom is -0.463 e. The zero-order valence-electron chi connectivity index (χ0n) is 8.57. The fraction of sp³-hybridized carbons (Fsp3) is 0.800. The van der Waals surface area contributed by atoms with Crippen LogP contribution in [0.4, 0.5) is 0 Å². The zero-order valence-corrected chi connectivity index (χ0v) is 8.57. The molecule has 4 nitrogen and oxygen atoms in total. The van der Waals surface area contributed by atoms with E-state index in [-0.39, 0.29) is 18.7 Å². The molecule has 4 heteroatoms. The fourth-order valence-corrected chi connectivity index (χ4v) is 1.03. The Morgan fingerprint density at radius 2 is 2.21 bits per heavy atom. The van der Waals surface area contributed by atoms with E-state index in [4.69, 9.17) is 9.84 Å². The smallest absolute Gasteiger partial charge is 0.306 e. The Morgan fingerprint density at radius 3 is 2.79 bits per heavy atom. The second-order valence-electron chi connectivity index (χ2n) is 3.23. The van der Waals surface area contributed by atoms with Crippen LogP contribution < -0.4 is 0 Å². The summed E-state index contributed by atoms with van der Waals surface area (Å²) in [5, 5.41) is 8.49. The Balaban J connectivity index is 3.44. The molecule has 1 N–H and O–H groups in total. The molecule has 0 aromatic carbocycles. The Bertz CT molecular complexity index is 168. The van der Waals surface area contributed by atoms with Crippen LogP contribution in [0.15, 0.2) is 0 Å². The lowest BCUT2D eigenvalue weighted by molar-refractivity contribution is -0.148. The van der Waals surface area contributed by atoms with Gasteiger partial charge in [0.25, 0.3) is 0 Å². The number of rotatable bonds is 8. The number of esters is 1. The second-order valence-corrected chi connectivity index (χ2v) is 3.23. The SMILES string of the molecule is CC(CCC=O)OC(=O)CCCCO. The van der Waals surface area contributed by atoms with Gasteiger partial charge < -0.3 is 14.6 Å². The minimum absolute atomic E-state index is 0.105. The maximum absolute atomic E-state index is 11.1. The second kappa shape index (κ2) is 8.69. The highest BCUT2D eigenvalue weighted by Crippen LogP contribution is 2.04. The number of hydrogen-bond donors (Lipinski definition) is 1. The number of aliphatic hydroxyl groups is 1. The number of hydrogen-bond acceptors (Lipinski definition) is 4. The third-order valence-electron chi connectivity index (χ3n) is 1.81. The van der Waals surface area contributed by atoms with Gasteiger partial charge in [0.2, 0.25) is 0 Å². The first-order valence-corrected chi connectivity index (χ1v) is 4.94. The predicted octanol–water partition coefficient (Wildman–Crippen LogP) is 1.06. The molecule has 0 saturated carbocycles. The summed E-state index contributed by atoms with van der Waals surface area (Å²) in [4.78, 5) is 21.1. The van der Waals surface area contributed by atoms with Crippen LogP contribution in [0.3, 0.4) is 0 Å². The minimum atomic E-state index is -0.253. The van der Waals surface area contributed by atoms with E-state index in [1.165, 1.54) is 0 Å². The van der Waals surface area contributed by atoms with Crippen LogP contribution in [0, 0.1) is 0 Å². The average Bonchev–Trinajstić information content (AvgIpc) is 2.15. The van der Waals surface area contributed by atoms with Gasteiger partial charge in [-0.25, -0.2) is 0 Å². The van der Waals surface area contributed by atoms with Crippen molar-refractivity contribution in [3.63, 3.8) is 0 Å². The lowest BCUT2D eigenvalue weighted by Gasteiger charge is -2.11. The standard InChI is InChI=1S/C10H18O4/c1-9(5-4-8-12)14-10(13)6-2-3-7-11/h8-9,11H,2-7H2,1H3. The summed E-state index contributed by atoms with van der Waals surface area (Å²) in [5.74, 6) is -0.253. The van der Waals surface area contributed by atoms with Crippen LogP contribution in [0.1, 0.15) is 39.0 Å². The van der Waals surface area contributed by atoms with Crippen molar-refractivity contribution in [1.29, 1.82) is 0 Å². The number of aliphatic hydroxyl groups excluding tert-OH is 1. The molecule has 0 amide bonds. The van der Waals surface area contributed by atoms with E-state index in [1.807, 2.05) is 0 Å². The van der Waals surface area contributed by atoms with Crippen molar-refractivity contribution in [2.75, 3.05) is 6.61 Å². The van der Waals surface area contributed by atoms with Gasteiger partial charge in [0.15, 0.2) is 0 Å². The van der Waals surface area contributed by atoms with Gasteiger partial charge >= 0.3 is 5.97 Å². The normalized spacial score (nSPS) is 12.1. The van der Waals surface area contributed by atoms with Crippen LogP contribution in [-0.2, 0) is 14.3 Å². The highest BCUT2D eigenvalue weighted by Gasteiger charge is 2.08. The predicted molar refractivity (Wildman–Crippen MR) is 51.8 cm³/mol. The quantitative estimate of drug-likeness (QED) is 0.363. The first kappa shape index (κ1) is 13.1. The summed E-state index contributed by atoms with van der Waals surface area (Å²) in [7, 11) is 0. The van der Waals surface area contributed by atoms with Crippen molar-refractivity contribution in [1.82, 2.24) is 0 Å². The third kappa shape index (κ3) is 7.73. The monoisotopic (exact) mass is 202 g/mol. The van der Waals surface area contributed by atoms with Crippen LogP contribution in [0.5, 0.6) is 0 Å². The first-order chi connectivity index (χ1) is 6.70. The van der Waals surface area contributed by atoms with Crippen LogP contribution in [0.25, 0.3) is 0 Å². The van der Waals surface area contributed by atoms with E-state index >= 15 is 0 Å². The number of carbonyl (C=O) groups excluding carboxylic acids is 2. The Labute approximate surface area is 84.3 Å². The summed E-state index contributed by atoms with van der Waals surface area (Å²) in [6.45, 7) is 1.88. The highest BCUT2D eigenvalue weighted by molar-refractivity contribution is 5.69. The first-order valence-electron chi connectivity index (χ1n) is 4.94. The molecule has 1 unspecified atom stereocenters. The molecule has 0 saturated heterocycles. The summed E-state index contributed by atoms with van der Waals surface area (Å²) < 4.78 is 5.02. The van der Waals surface area contributed by atoms with Crippen LogP contribution in [-0.4, -0.2) is 30.1 Å². The fourth-order valence-electron chi connectivity index (χ4n) is 1.03. The summed E-state index contributed by atoms with van der Waals surface area (Å²) in [6.07, 6.45) is 3.23. The molecular formula is C10H18O4. The number of ether oxygens (including phenoxy) is 1. The molecule has 14 heavy (non-hydrogen) atoms. The topological polar surface area (TPSA) is 63.6 Å². The Kier molecular flexibility index (Phi) is 8.13. The van der Waals surface area contributed by atoms with Crippen LogP contribution in [0.2, 0.25) is 0 Å². The largest absolute Gasteiger partial charge is 0.463 e. The maximum atomic E-state index is 11.1. The molecule has 0 radical (unpaired) electrons. The van der Waals surface area contributed by atoms with Crippen molar-refractivity contribution in [3.8, 4) is 0 Å². The highest BCUT2D eigenvalue weighted by atomic mass is 16.5. The van der Waals surface area contributed by atoms with E-state index in [0.717, 1.165) is 6.29 Å². The van der Waals surface area contributed by atoms with E-state index in [9.17, 15) is 9.59 Å². The summed E-state index contributed by atoms with van der Waals surface area (Å²) in [5.41, 5.74) is 0. The van der Waals surface area contributed by atoms with Crippen molar-refractivity contribution in [3.05, 3.63) is 0 Å². The zero-order chi connectivity index (χ0) is 10.8. The molecule has 0 aromatic heterocycles.